The first-order valence-electron chi connectivity index (χ1n) is 7.13. The van der Waals surface area contributed by atoms with Crippen molar-refractivity contribution in [2.45, 2.75) is 12.6 Å². The van der Waals surface area contributed by atoms with E-state index in [1.165, 1.54) is 0 Å². The Bertz CT molecular complexity index is 930. The van der Waals surface area contributed by atoms with Gasteiger partial charge >= 0.3 is 0 Å². The molecule has 0 aliphatic carbocycles. The number of nitrogens with zero attached hydrogens (tertiary/aromatic N) is 3. The molecule has 0 saturated carbocycles. The van der Waals surface area contributed by atoms with E-state index in [0.717, 1.165) is 4.68 Å². The van der Waals surface area contributed by atoms with Crippen LogP contribution in [0.3, 0.4) is 0 Å². The standard InChI is InChI=1S/C16H13Cl2N3O3/c17-10-5-6-15(13(18)7-10)24-9-11(22)8-21-16(23)12-3-1-2-4-14(12)19-20-21/h1-7,11,22H,8-9H2. The Morgan fingerprint density at radius 1 is 1.21 bits per heavy atom. The number of hydrogen-bond acceptors (Lipinski definition) is 5. The van der Waals surface area contributed by atoms with Crippen LogP contribution in [0.25, 0.3) is 10.9 Å². The van der Waals surface area contributed by atoms with E-state index in [9.17, 15) is 9.90 Å². The van der Waals surface area contributed by atoms with Gasteiger partial charge in [0.1, 0.15) is 24.0 Å². The molecule has 3 aromatic rings. The second-order valence-corrected chi connectivity index (χ2v) is 5.98. The maximum atomic E-state index is 12.3. The normalized spacial score (nSPS) is 12.3. The Morgan fingerprint density at radius 2 is 2.00 bits per heavy atom. The molecule has 1 heterocycles. The van der Waals surface area contributed by atoms with Crippen LogP contribution in [-0.4, -0.2) is 32.8 Å². The molecule has 0 spiro atoms. The Morgan fingerprint density at radius 3 is 2.79 bits per heavy atom. The molecule has 8 heteroatoms. The van der Waals surface area contributed by atoms with Crippen molar-refractivity contribution in [2.24, 2.45) is 0 Å². The van der Waals surface area contributed by atoms with Gasteiger partial charge in [-0.3, -0.25) is 4.79 Å². The number of ether oxygens (including phenoxy) is 1. The number of benzene rings is 2. The summed E-state index contributed by atoms with van der Waals surface area (Å²) in [5, 5.41) is 19.2. The summed E-state index contributed by atoms with van der Waals surface area (Å²) in [6.45, 7) is -0.0931. The van der Waals surface area contributed by atoms with Crippen molar-refractivity contribution in [2.75, 3.05) is 6.61 Å². The number of fused-ring (bicyclic) bond motifs is 1. The summed E-state index contributed by atoms with van der Waals surface area (Å²) in [6.07, 6.45) is -0.954. The SMILES string of the molecule is O=c1c2ccccc2nnn1CC(O)COc1ccc(Cl)cc1Cl. The maximum absolute atomic E-state index is 12.3. The molecule has 0 saturated heterocycles. The van der Waals surface area contributed by atoms with E-state index in [1.807, 2.05) is 0 Å². The minimum atomic E-state index is -0.954. The van der Waals surface area contributed by atoms with Crippen molar-refractivity contribution >= 4 is 34.1 Å². The van der Waals surface area contributed by atoms with E-state index in [2.05, 4.69) is 10.3 Å². The van der Waals surface area contributed by atoms with Crippen LogP contribution >= 0.6 is 23.2 Å². The van der Waals surface area contributed by atoms with Crippen molar-refractivity contribution in [1.82, 2.24) is 15.0 Å². The molecule has 3 rings (SSSR count). The van der Waals surface area contributed by atoms with Crippen molar-refractivity contribution in [3.8, 4) is 5.75 Å². The largest absolute Gasteiger partial charge is 0.489 e. The summed E-state index contributed by atoms with van der Waals surface area (Å²) in [7, 11) is 0. The fourth-order valence-corrected chi connectivity index (χ4v) is 2.64. The minimum absolute atomic E-state index is 0.0398. The molecule has 124 valence electrons. The van der Waals surface area contributed by atoms with Gasteiger partial charge in [0.25, 0.3) is 5.56 Å². The highest BCUT2D eigenvalue weighted by Crippen LogP contribution is 2.27. The quantitative estimate of drug-likeness (QED) is 0.751. The topological polar surface area (TPSA) is 77.2 Å². The Labute approximate surface area is 147 Å². The molecule has 6 nitrogen and oxygen atoms in total. The van der Waals surface area contributed by atoms with Gasteiger partial charge in [-0.05, 0) is 30.3 Å². The van der Waals surface area contributed by atoms with Gasteiger partial charge in [-0.2, -0.15) is 0 Å². The van der Waals surface area contributed by atoms with Gasteiger partial charge in [0.15, 0.2) is 0 Å². The molecular weight excluding hydrogens is 353 g/mol. The molecular formula is C16H13Cl2N3O3. The first-order chi connectivity index (χ1) is 11.5. The molecule has 0 radical (unpaired) electrons. The van der Waals surface area contributed by atoms with Gasteiger partial charge in [0.05, 0.1) is 17.0 Å². The lowest BCUT2D eigenvalue weighted by molar-refractivity contribution is 0.0873. The van der Waals surface area contributed by atoms with Crippen LogP contribution in [-0.2, 0) is 6.54 Å². The maximum Gasteiger partial charge on any atom is 0.277 e. The van der Waals surface area contributed by atoms with Crippen LogP contribution in [0, 0.1) is 0 Å². The van der Waals surface area contributed by atoms with Gasteiger partial charge in [0, 0.05) is 5.02 Å². The van der Waals surface area contributed by atoms with Crippen molar-refractivity contribution in [1.29, 1.82) is 0 Å². The average Bonchev–Trinajstić information content (AvgIpc) is 2.57. The van der Waals surface area contributed by atoms with Gasteiger partial charge in [0.2, 0.25) is 0 Å². The lowest BCUT2D eigenvalue weighted by Crippen LogP contribution is -2.32. The number of halogens is 2. The third kappa shape index (κ3) is 3.67. The summed E-state index contributed by atoms with van der Waals surface area (Å²) in [4.78, 5) is 12.3. The van der Waals surface area contributed by atoms with Gasteiger partial charge in [-0.15, -0.1) is 5.10 Å². The number of aliphatic hydroxyl groups excluding tert-OH is 1. The van der Waals surface area contributed by atoms with Crippen molar-refractivity contribution < 1.29 is 9.84 Å². The summed E-state index contributed by atoms with van der Waals surface area (Å²) in [5.41, 5.74) is 0.196. The fraction of sp³-hybridized carbons (Fsp3) is 0.188. The molecule has 0 amide bonds. The lowest BCUT2D eigenvalue weighted by atomic mass is 10.2. The summed E-state index contributed by atoms with van der Waals surface area (Å²) < 4.78 is 6.56. The highest BCUT2D eigenvalue weighted by Gasteiger charge is 2.12. The van der Waals surface area contributed by atoms with E-state index >= 15 is 0 Å². The number of aromatic nitrogens is 3. The van der Waals surface area contributed by atoms with Crippen molar-refractivity contribution in [3.63, 3.8) is 0 Å². The van der Waals surface area contributed by atoms with Crippen molar-refractivity contribution in [3.05, 3.63) is 62.9 Å². The van der Waals surface area contributed by atoms with Crippen LogP contribution in [0.4, 0.5) is 0 Å². The van der Waals surface area contributed by atoms with Crippen LogP contribution in [0.2, 0.25) is 10.0 Å². The zero-order valence-corrected chi connectivity index (χ0v) is 13.9. The predicted molar refractivity (Wildman–Crippen MR) is 91.8 cm³/mol. The van der Waals surface area contributed by atoms with Gasteiger partial charge in [-0.25, -0.2) is 4.68 Å². The van der Waals surface area contributed by atoms with E-state index in [4.69, 9.17) is 27.9 Å². The Balaban J connectivity index is 1.70. The van der Waals surface area contributed by atoms with E-state index in [0.29, 0.717) is 26.7 Å². The van der Waals surface area contributed by atoms with Crippen LogP contribution < -0.4 is 10.3 Å². The zero-order valence-electron chi connectivity index (χ0n) is 12.4. The molecule has 1 aromatic heterocycles. The first-order valence-corrected chi connectivity index (χ1v) is 7.88. The lowest BCUT2D eigenvalue weighted by Gasteiger charge is -2.14. The van der Waals surface area contributed by atoms with E-state index < -0.39 is 6.10 Å². The predicted octanol–water partition coefficient (Wildman–Crippen LogP) is 2.54. The molecule has 0 fully saturated rings. The molecule has 1 unspecified atom stereocenters. The first kappa shape index (κ1) is 16.7. The molecule has 0 aliphatic heterocycles. The molecule has 1 N–H and O–H groups in total. The fourth-order valence-electron chi connectivity index (χ4n) is 2.17. The molecule has 0 bridgehead atoms. The third-order valence-electron chi connectivity index (χ3n) is 3.34. The monoisotopic (exact) mass is 365 g/mol. The summed E-state index contributed by atoms with van der Waals surface area (Å²) in [6, 6.07) is 11.7. The van der Waals surface area contributed by atoms with Gasteiger partial charge < -0.3 is 9.84 Å². The number of aliphatic hydroxyl groups is 1. The summed E-state index contributed by atoms with van der Waals surface area (Å²) in [5.74, 6) is 0.400. The van der Waals surface area contributed by atoms with E-state index in [1.54, 1.807) is 42.5 Å². The zero-order chi connectivity index (χ0) is 17.1. The highest BCUT2D eigenvalue weighted by atomic mass is 35.5. The van der Waals surface area contributed by atoms with Crippen LogP contribution in [0.15, 0.2) is 47.3 Å². The number of hydrogen-bond donors (Lipinski definition) is 1. The third-order valence-corrected chi connectivity index (χ3v) is 3.87. The second-order valence-electron chi connectivity index (χ2n) is 5.13. The van der Waals surface area contributed by atoms with Crippen LogP contribution in [0.5, 0.6) is 5.75 Å². The van der Waals surface area contributed by atoms with Crippen LogP contribution in [0.1, 0.15) is 0 Å². The molecule has 24 heavy (non-hydrogen) atoms. The summed E-state index contributed by atoms with van der Waals surface area (Å²) >= 11 is 11.8. The van der Waals surface area contributed by atoms with Gasteiger partial charge in [-0.1, -0.05) is 40.5 Å². The molecule has 1 atom stereocenters. The smallest absolute Gasteiger partial charge is 0.277 e. The Kier molecular flexibility index (Phi) is 4.99. The average molecular weight is 366 g/mol. The minimum Gasteiger partial charge on any atom is -0.489 e. The van der Waals surface area contributed by atoms with E-state index in [-0.39, 0.29) is 18.7 Å². The highest BCUT2D eigenvalue weighted by molar-refractivity contribution is 6.35. The molecule has 2 aromatic carbocycles. The Hall–Kier alpha value is -2.15. The second kappa shape index (κ2) is 7.17. The number of rotatable bonds is 5. The molecule has 0 aliphatic rings.